The highest BCUT2D eigenvalue weighted by atomic mass is 16.7. The number of ether oxygens (including phenoxy) is 3. The van der Waals surface area contributed by atoms with E-state index in [1.54, 1.807) is 11.0 Å². The molecule has 1 aliphatic carbocycles. The number of benzene rings is 1. The zero-order valence-electron chi connectivity index (χ0n) is 17.7. The number of carbonyl (C=O) groups is 1. The van der Waals surface area contributed by atoms with Crippen molar-refractivity contribution in [2.45, 2.75) is 83.4 Å². The molecular formula is C22H30N2O6. The van der Waals surface area contributed by atoms with Crippen LogP contribution < -0.4 is 9.47 Å². The fourth-order valence-corrected chi connectivity index (χ4v) is 5.13. The Morgan fingerprint density at radius 2 is 1.70 bits per heavy atom. The van der Waals surface area contributed by atoms with Gasteiger partial charge in [-0.05, 0) is 52.0 Å². The van der Waals surface area contributed by atoms with Crippen LogP contribution in [0.15, 0.2) is 12.1 Å². The van der Waals surface area contributed by atoms with Crippen LogP contribution in [0.1, 0.15) is 76.9 Å². The van der Waals surface area contributed by atoms with E-state index in [4.69, 9.17) is 14.2 Å². The molecule has 8 heteroatoms. The molecule has 2 aliphatic heterocycles. The fourth-order valence-electron chi connectivity index (χ4n) is 5.13. The number of piperidine rings is 1. The molecule has 2 heterocycles. The summed E-state index contributed by atoms with van der Waals surface area (Å²) in [6.45, 7) is 4.11. The van der Waals surface area contributed by atoms with E-state index in [9.17, 15) is 14.9 Å². The van der Waals surface area contributed by atoms with Crippen LogP contribution in [-0.4, -0.2) is 34.8 Å². The van der Waals surface area contributed by atoms with Crippen molar-refractivity contribution in [3.05, 3.63) is 27.8 Å². The lowest BCUT2D eigenvalue weighted by Gasteiger charge is -2.40. The van der Waals surface area contributed by atoms with Crippen LogP contribution in [0.5, 0.6) is 11.5 Å². The average molecular weight is 418 g/mol. The topological polar surface area (TPSA) is 91.1 Å². The first-order chi connectivity index (χ1) is 14.5. The predicted molar refractivity (Wildman–Crippen MR) is 110 cm³/mol. The Hall–Kier alpha value is -2.51. The molecule has 164 valence electrons. The molecule has 3 aliphatic rings. The summed E-state index contributed by atoms with van der Waals surface area (Å²) >= 11 is 0. The second-order valence-corrected chi connectivity index (χ2v) is 8.76. The number of nitro benzene ring substituents is 1. The molecule has 1 aromatic carbocycles. The monoisotopic (exact) mass is 418 g/mol. The summed E-state index contributed by atoms with van der Waals surface area (Å²) in [6.07, 6.45) is 6.90. The highest BCUT2D eigenvalue weighted by molar-refractivity contribution is 5.69. The van der Waals surface area contributed by atoms with Crippen molar-refractivity contribution < 1.29 is 23.9 Å². The lowest BCUT2D eigenvalue weighted by molar-refractivity contribution is -0.386. The second kappa shape index (κ2) is 8.70. The first kappa shape index (κ1) is 20.8. The Bertz CT molecular complexity index is 797. The van der Waals surface area contributed by atoms with Crippen molar-refractivity contribution in [1.82, 2.24) is 4.90 Å². The van der Waals surface area contributed by atoms with Crippen LogP contribution in [-0.2, 0) is 4.74 Å². The van der Waals surface area contributed by atoms with Gasteiger partial charge in [-0.15, -0.1) is 0 Å². The van der Waals surface area contributed by atoms with Crippen molar-refractivity contribution in [3.63, 3.8) is 0 Å². The van der Waals surface area contributed by atoms with E-state index in [1.165, 1.54) is 6.07 Å². The van der Waals surface area contributed by atoms with Crippen LogP contribution in [0, 0.1) is 16.0 Å². The number of likely N-dealkylation sites (tertiary alicyclic amines) is 1. The van der Waals surface area contributed by atoms with E-state index in [1.807, 2.05) is 13.8 Å². The van der Waals surface area contributed by atoms with E-state index in [-0.39, 0.29) is 36.6 Å². The normalized spacial score (nSPS) is 25.1. The Morgan fingerprint density at radius 1 is 1.07 bits per heavy atom. The molecule has 0 aromatic heterocycles. The molecule has 1 aromatic rings. The smallest absolute Gasteiger partial charge is 0.410 e. The lowest BCUT2D eigenvalue weighted by atomic mass is 9.82. The van der Waals surface area contributed by atoms with Gasteiger partial charge in [0, 0.05) is 18.0 Å². The number of hydrogen-bond acceptors (Lipinski definition) is 6. The molecule has 3 unspecified atom stereocenters. The zero-order chi connectivity index (χ0) is 21.3. The largest absolute Gasteiger partial charge is 0.454 e. The van der Waals surface area contributed by atoms with Crippen molar-refractivity contribution in [1.29, 1.82) is 0 Å². The molecule has 1 saturated carbocycles. The van der Waals surface area contributed by atoms with Gasteiger partial charge in [-0.2, -0.15) is 0 Å². The molecular weight excluding hydrogens is 388 g/mol. The molecule has 30 heavy (non-hydrogen) atoms. The molecule has 0 N–H and O–H groups in total. The molecule has 3 atom stereocenters. The van der Waals surface area contributed by atoms with Gasteiger partial charge < -0.3 is 19.1 Å². The summed E-state index contributed by atoms with van der Waals surface area (Å²) in [4.78, 5) is 26.5. The number of hydrogen-bond donors (Lipinski definition) is 0. The summed E-state index contributed by atoms with van der Waals surface area (Å²) in [5, 5.41) is 11.9. The van der Waals surface area contributed by atoms with E-state index >= 15 is 0 Å². The molecule has 0 bridgehead atoms. The SMILES string of the molecule is CC1CCCC(C)N1C(=O)OC(c1cc2c(cc1[N+](=O)[O-])OCO2)C1CCCCC1. The van der Waals surface area contributed by atoms with Gasteiger partial charge in [-0.1, -0.05) is 19.3 Å². The quantitative estimate of drug-likeness (QED) is 0.484. The minimum atomic E-state index is -0.672. The first-order valence-electron chi connectivity index (χ1n) is 11.0. The van der Waals surface area contributed by atoms with Crippen LogP contribution in [0.2, 0.25) is 0 Å². The van der Waals surface area contributed by atoms with E-state index in [0.717, 1.165) is 51.4 Å². The number of fused-ring (bicyclic) bond motifs is 1. The van der Waals surface area contributed by atoms with E-state index < -0.39 is 11.0 Å². The van der Waals surface area contributed by atoms with Crippen molar-refractivity contribution >= 4 is 11.8 Å². The second-order valence-electron chi connectivity index (χ2n) is 8.76. The standard InChI is InChI=1S/C22H30N2O6/c1-14-7-6-8-15(2)23(14)22(25)30-21(16-9-4-3-5-10-16)17-11-19-20(29-13-28-19)12-18(17)24(26)27/h11-12,14-16,21H,3-10,13H2,1-2H3. The number of nitrogens with zero attached hydrogens (tertiary/aromatic N) is 2. The third-order valence-electron chi connectivity index (χ3n) is 6.74. The molecule has 8 nitrogen and oxygen atoms in total. The van der Waals surface area contributed by atoms with Gasteiger partial charge in [0.05, 0.1) is 16.6 Å². The average Bonchev–Trinajstić information content (AvgIpc) is 3.19. The van der Waals surface area contributed by atoms with Crippen LogP contribution in [0.4, 0.5) is 10.5 Å². The van der Waals surface area contributed by atoms with E-state index in [0.29, 0.717) is 17.1 Å². The summed E-state index contributed by atoms with van der Waals surface area (Å²) in [7, 11) is 0. The minimum absolute atomic E-state index is 0.0344. The highest BCUT2D eigenvalue weighted by Gasteiger charge is 2.38. The number of amides is 1. The van der Waals surface area contributed by atoms with E-state index in [2.05, 4.69) is 0 Å². The number of rotatable bonds is 4. The van der Waals surface area contributed by atoms with Gasteiger partial charge in [0.25, 0.3) is 5.69 Å². The van der Waals surface area contributed by atoms with Gasteiger partial charge in [0.1, 0.15) is 6.10 Å². The maximum absolute atomic E-state index is 13.2. The molecule has 2 fully saturated rings. The molecule has 1 amide bonds. The minimum Gasteiger partial charge on any atom is -0.454 e. The van der Waals surface area contributed by atoms with Crippen molar-refractivity contribution in [3.8, 4) is 11.5 Å². The van der Waals surface area contributed by atoms with Gasteiger partial charge in [-0.25, -0.2) is 4.79 Å². The third-order valence-corrected chi connectivity index (χ3v) is 6.74. The molecule has 0 spiro atoms. The number of nitro groups is 1. The molecule has 0 radical (unpaired) electrons. The van der Waals surface area contributed by atoms with Crippen LogP contribution >= 0.6 is 0 Å². The third kappa shape index (κ3) is 4.04. The van der Waals surface area contributed by atoms with Gasteiger partial charge in [0.15, 0.2) is 11.5 Å². The maximum atomic E-state index is 13.2. The zero-order valence-corrected chi connectivity index (χ0v) is 17.7. The van der Waals surface area contributed by atoms with Gasteiger partial charge in [0.2, 0.25) is 6.79 Å². The highest BCUT2D eigenvalue weighted by Crippen LogP contribution is 2.46. The van der Waals surface area contributed by atoms with Gasteiger partial charge >= 0.3 is 6.09 Å². The Labute approximate surface area is 176 Å². The van der Waals surface area contributed by atoms with Crippen LogP contribution in [0.3, 0.4) is 0 Å². The first-order valence-corrected chi connectivity index (χ1v) is 11.0. The van der Waals surface area contributed by atoms with Gasteiger partial charge in [-0.3, -0.25) is 10.1 Å². The predicted octanol–water partition coefficient (Wildman–Crippen LogP) is 5.34. The Morgan fingerprint density at radius 3 is 2.33 bits per heavy atom. The molecule has 4 rings (SSSR count). The van der Waals surface area contributed by atoms with Crippen molar-refractivity contribution in [2.24, 2.45) is 5.92 Å². The Balaban J connectivity index is 1.69. The summed E-state index contributed by atoms with van der Waals surface area (Å²) in [6, 6.07) is 3.23. The maximum Gasteiger partial charge on any atom is 0.410 e. The lowest BCUT2D eigenvalue weighted by Crippen LogP contribution is -2.48. The van der Waals surface area contributed by atoms with Crippen molar-refractivity contribution in [2.75, 3.05) is 6.79 Å². The summed E-state index contributed by atoms with van der Waals surface area (Å²) < 4.78 is 16.9. The Kier molecular flexibility index (Phi) is 6.01. The number of carbonyl (C=O) groups excluding carboxylic acids is 1. The molecule has 1 saturated heterocycles. The summed E-state index contributed by atoms with van der Waals surface area (Å²) in [5.74, 6) is 0.877. The van der Waals surface area contributed by atoms with Crippen LogP contribution in [0.25, 0.3) is 0 Å². The summed E-state index contributed by atoms with van der Waals surface area (Å²) in [5.41, 5.74) is 0.323. The fraction of sp³-hybridized carbons (Fsp3) is 0.682.